The van der Waals surface area contributed by atoms with Crippen LogP contribution in [0.4, 0.5) is 0 Å². The quantitative estimate of drug-likeness (QED) is 0.492. The lowest BCUT2D eigenvalue weighted by atomic mass is 10.1. The van der Waals surface area contributed by atoms with E-state index in [4.69, 9.17) is 5.11 Å². The molecule has 0 amide bonds. The molecule has 0 saturated carbocycles. The van der Waals surface area contributed by atoms with Crippen molar-refractivity contribution < 1.29 is 19.4 Å². The van der Waals surface area contributed by atoms with Gasteiger partial charge in [-0.15, -0.1) is 0 Å². The zero-order valence-electron chi connectivity index (χ0n) is 10.00. The molecule has 4 nitrogen and oxygen atoms in total. The highest BCUT2D eigenvalue weighted by Crippen LogP contribution is 2.06. The lowest BCUT2D eigenvalue weighted by molar-refractivity contribution is -0.141. The van der Waals surface area contributed by atoms with Crippen LogP contribution in [0.2, 0.25) is 0 Å². The van der Waals surface area contributed by atoms with Crippen molar-refractivity contribution in [1.29, 1.82) is 0 Å². The molecular formula is C14H14O4. The molecule has 0 bridgehead atoms. The molecule has 1 rings (SSSR count). The van der Waals surface area contributed by atoms with Gasteiger partial charge in [-0.2, -0.15) is 0 Å². The highest BCUT2D eigenvalue weighted by molar-refractivity contribution is 5.93. The van der Waals surface area contributed by atoms with Gasteiger partial charge in [0.25, 0.3) is 0 Å². The predicted octanol–water partition coefficient (Wildman–Crippen LogP) is 2.27. The SMILES string of the molecule is COC(=O)/C(=C/C=C/c1ccccc1)CC(=O)O. The Morgan fingerprint density at radius 3 is 2.50 bits per heavy atom. The normalized spacial score (nSPS) is 11.5. The first-order valence-corrected chi connectivity index (χ1v) is 5.36. The molecular weight excluding hydrogens is 232 g/mol. The van der Waals surface area contributed by atoms with Gasteiger partial charge < -0.3 is 9.84 Å². The van der Waals surface area contributed by atoms with Gasteiger partial charge in [0.2, 0.25) is 0 Å². The van der Waals surface area contributed by atoms with Gasteiger partial charge in [-0.05, 0) is 5.56 Å². The van der Waals surface area contributed by atoms with Crippen LogP contribution < -0.4 is 0 Å². The molecule has 0 aliphatic rings. The number of methoxy groups -OCH3 is 1. The van der Waals surface area contributed by atoms with Crippen molar-refractivity contribution in [2.75, 3.05) is 7.11 Å². The van der Waals surface area contributed by atoms with Crippen molar-refractivity contribution in [3.63, 3.8) is 0 Å². The lowest BCUT2D eigenvalue weighted by Crippen LogP contribution is -2.09. The summed E-state index contributed by atoms with van der Waals surface area (Å²) in [5, 5.41) is 8.67. The zero-order valence-corrected chi connectivity index (χ0v) is 10.00. The summed E-state index contributed by atoms with van der Waals surface area (Å²) in [5.41, 5.74) is 1.07. The molecule has 18 heavy (non-hydrogen) atoms. The van der Waals surface area contributed by atoms with Gasteiger partial charge in [-0.25, -0.2) is 4.79 Å². The Balaban J connectivity index is 2.80. The van der Waals surface area contributed by atoms with Gasteiger partial charge >= 0.3 is 11.9 Å². The molecule has 0 spiro atoms. The standard InChI is InChI=1S/C14H14O4/c1-18-14(17)12(10-13(15)16)9-5-8-11-6-3-2-4-7-11/h2-9H,10H2,1H3,(H,15,16)/b8-5+,12-9+. The van der Waals surface area contributed by atoms with E-state index in [1.54, 1.807) is 12.2 Å². The van der Waals surface area contributed by atoms with Crippen LogP contribution in [0.5, 0.6) is 0 Å². The van der Waals surface area contributed by atoms with Crippen molar-refractivity contribution >= 4 is 18.0 Å². The number of benzene rings is 1. The largest absolute Gasteiger partial charge is 0.481 e. The highest BCUT2D eigenvalue weighted by atomic mass is 16.5. The van der Waals surface area contributed by atoms with Crippen molar-refractivity contribution in [1.82, 2.24) is 0 Å². The van der Waals surface area contributed by atoms with Crippen LogP contribution in [-0.2, 0) is 14.3 Å². The van der Waals surface area contributed by atoms with Crippen LogP contribution in [0.3, 0.4) is 0 Å². The minimum Gasteiger partial charge on any atom is -0.481 e. The number of aliphatic carboxylic acids is 1. The molecule has 4 heteroatoms. The first-order valence-electron chi connectivity index (χ1n) is 5.36. The topological polar surface area (TPSA) is 63.6 Å². The van der Waals surface area contributed by atoms with E-state index in [9.17, 15) is 9.59 Å². The van der Waals surface area contributed by atoms with Crippen molar-refractivity contribution in [3.8, 4) is 0 Å². The van der Waals surface area contributed by atoms with Crippen molar-refractivity contribution in [3.05, 3.63) is 53.6 Å². The van der Waals surface area contributed by atoms with E-state index >= 15 is 0 Å². The summed E-state index contributed by atoms with van der Waals surface area (Å²) in [6.07, 6.45) is 4.51. The lowest BCUT2D eigenvalue weighted by Gasteiger charge is -2.00. The molecule has 0 aromatic heterocycles. The summed E-state index contributed by atoms with van der Waals surface area (Å²) in [6.45, 7) is 0. The van der Waals surface area contributed by atoms with Gasteiger partial charge in [0.05, 0.1) is 13.5 Å². The summed E-state index contributed by atoms with van der Waals surface area (Å²) >= 11 is 0. The fourth-order valence-electron chi connectivity index (χ4n) is 1.33. The molecule has 94 valence electrons. The maximum absolute atomic E-state index is 11.3. The number of ether oxygens (including phenoxy) is 1. The minimum absolute atomic E-state index is 0.109. The Morgan fingerprint density at radius 2 is 1.94 bits per heavy atom. The van der Waals surface area contributed by atoms with E-state index in [-0.39, 0.29) is 12.0 Å². The van der Waals surface area contributed by atoms with Crippen molar-refractivity contribution in [2.45, 2.75) is 6.42 Å². The second-order valence-corrected chi connectivity index (χ2v) is 3.52. The third-order valence-electron chi connectivity index (χ3n) is 2.17. The Morgan fingerprint density at radius 1 is 1.28 bits per heavy atom. The molecule has 1 N–H and O–H groups in total. The van der Waals surface area contributed by atoms with Crippen LogP contribution in [0.25, 0.3) is 6.08 Å². The summed E-state index contributed by atoms with van der Waals surface area (Å²) in [7, 11) is 1.22. The number of carbonyl (C=O) groups is 2. The molecule has 0 atom stereocenters. The fraction of sp³-hybridized carbons (Fsp3) is 0.143. The van der Waals surface area contributed by atoms with E-state index in [0.717, 1.165) is 5.56 Å². The fourth-order valence-corrected chi connectivity index (χ4v) is 1.33. The third kappa shape index (κ3) is 4.65. The summed E-state index contributed by atoms with van der Waals surface area (Å²) in [4.78, 5) is 21.9. The molecule has 0 heterocycles. The van der Waals surface area contributed by atoms with E-state index < -0.39 is 11.9 Å². The first-order chi connectivity index (χ1) is 8.63. The maximum Gasteiger partial charge on any atom is 0.334 e. The molecule has 0 aliphatic carbocycles. The summed E-state index contributed by atoms with van der Waals surface area (Å²) in [5.74, 6) is -1.70. The van der Waals surface area contributed by atoms with Gasteiger partial charge in [0, 0.05) is 5.57 Å². The molecule has 1 aromatic carbocycles. The van der Waals surface area contributed by atoms with Crippen LogP contribution >= 0.6 is 0 Å². The maximum atomic E-state index is 11.3. The first kappa shape index (κ1) is 13.7. The van der Waals surface area contributed by atoms with Crippen LogP contribution in [0.15, 0.2) is 48.1 Å². The average Bonchev–Trinajstić information content (AvgIpc) is 2.37. The Hall–Kier alpha value is -2.36. The summed E-state index contributed by atoms with van der Waals surface area (Å²) in [6, 6.07) is 9.49. The second kappa shape index (κ2) is 7.06. The van der Waals surface area contributed by atoms with Gasteiger partial charge in [-0.3, -0.25) is 4.79 Å². The second-order valence-electron chi connectivity index (χ2n) is 3.52. The molecule has 0 radical (unpaired) electrons. The number of allylic oxidation sites excluding steroid dienone is 2. The van der Waals surface area contributed by atoms with E-state index in [2.05, 4.69) is 4.74 Å². The van der Waals surface area contributed by atoms with Crippen molar-refractivity contribution in [2.24, 2.45) is 0 Å². The smallest absolute Gasteiger partial charge is 0.334 e. The number of hydrogen-bond donors (Lipinski definition) is 1. The number of esters is 1. The third-order valence-corrected chi connectivity index (χ3v) is 2.17. The summed E-state index contributed by atoms with van der Waals surface area (Å²) < 4.78 is 4.51. The Labute approximate surface area is 105 Å². The molecule has 1 aromatic rings. The average molecular weight is 246 g/mol. The number of hydrogen-bond acceptors (Lipinski definition) is 3. The molecule has 0 saturated heterocycles. The van der Waals surface area contributed by atoms with Gasteiger partial charge in [-0.1, -0.05) is 48.6 Å². The van der Waals surface area contributed by atoms with Crippen LogP contribution in [0, 0.1) is 0 Å². The van der Waals surface area contributed by atoms with Gasteiger partial charge in [0.1, 0.15) is 0 Å². The number of carbonyl (C=O) groups excluding carboxylic acids is 1. The molecule has 0 fully saturated rings. The number of carboxylic acids is 1. The van der Waals surface area contributed by atoms with Gasteiger partial charge in [0.15, 0.2) is 0 Å². The zero-order chi connectivity index (χ0) is 13.4. The monoisotopic (exact) mass is 246 g/mol. The minimum atomic E-state index is -1.07. The van der Waals surface area contributed by atoms with E-state index in [1.165, 1.54) is 13.2 Å². The van der Waals surface area contributed by atoms with E-state index in [1.807, 2.05) is 30.3 Å². The highest BCUT2D eigenvalue weighted by Gasteiger charge is 2.12. The predicted molar refractivity (Wildman–Crippen MR) is 67.8 cm³/mol. The Bertz CT molecular complexity index is 472. The molecule has 0 unspecified atom stereocenters. The molecule has 0 aliphatic heterocycles. The van der Waals surface area contributed by atoms with Crippen LogP contribution in [0.1, 0.15) is 12.0 Å². The number of carboxylic acid groups (broad SMARTS) is 1. The number of rotatable bonds is 5. The van der Waals surface area contributed by atoms with Crippen LogP contribution in [-0.4, -0.2) is 24.2 Å². The van der Waals surface area contributed by atoms with E-state index in [0.29, 0.717) is 0 Å². The Kier molecular flexibility index (Phi) is 5.38.